The first kappa shape index (κ1) is 18.0. The Balaban J connectivity index is 2.76. The molecule has 1 heterocycles. The van der Waals surface area contributed by atoms with Crippen molar-refractivity contribution in [2.75, 3.05) is 18.5 Å². The van der Waals surface area contributed by atoms with Crippen LogP contribution in [0.4, 0.5) is 5.82 Å². The average molecular weight is 291 g/mol. The van der Waals surface area contributed by atoms with Crippen LogP contribution >= 0.6 is 0 Å². The zero-order valence-electron chi connectivity index (χ0n) is 14.9. The molecule has 0 spiro atoms. The predicted octanol–water partition coefficient (Wildman–Crippen LogP) is 4.01. The maximum atomic E-state index is 4.70. The quantitative estimate of drug-likeness (QED) is 0.784. The molecule has 1 rings (SSSR count). The number of hydrogen-bond acceptors (Lipinski definition) is 3. The van der Waals surface area contributed by atoms with Crippen LogP contribution in [0, 0.1) is 18.8 Å². The Kier molecular flexibility index (Phi) is 7.16. The number of rotatable bonds is 8. The fourth-order valence-electron chi connectivity index (χ4n) is 2.58. The van der Waals surface area contributed by atoms with E-state index in [9.17, 15) is 0 Å². The molecule has 3 heteroatoms. The summed E-state index contributed by atoms with van der Waals surface area (Å²) in [5.41, 5.74) is 2.42. The number of nitrogens with zero attached hydrogens (tertiary/aromatic N) is 2. The van der Waals surface area contributed by atoms with Crippen molar-refractivity contribution in [1.29, 1.82) is 0 Å². The molecule has 1 N–H and O–H groups in total. The zero-order valence-corrected chi connectivity index (χ0v) is 14.9. The van der Waals surface area contributed by atoms with Crippen molar-refractivity contribution in [2.24, 2.45) is 11.8 Å². The van der Waals surface area contributed by atoms with Crippen LogP contribution in [0.5, 0.6) is 0 Å². The number of nitrogens with one attached hydrogen (secondary N) is 1. The first-order valence-corrected chi connectivity index (χ1v) is 8.20. The molecular weight excluding hydrogens is 258 g/mol. The molecule has 0 aliphatic rings. The summed E-state index contributed by atoms with van der Waals surface area (Å²) in [5, 5.41) is 3.51. The molecule has 0 saturated heterocycles. The Hall–Kier alpha value is -1.09. The molecule has 1 unspecified atom stereocenters. The van der Waals surface area contributed by atoms with E-state index in [1.165, 1.54) is 12.0 Å². The molecule has 1 aromatic heterocycles. The molecule has 120 valence electrons. The minimum Gasteiger partial charge on any atom is -0.357 e. The zero-order chi connectivity index (χ0) is 16.0. The summed E-state index contributed by atoms with van der Waals surface area (Å²) in [4.78, 5) is 7.01. The van der Waals surface area contributed by atoms with Crippen molar-refractivity contribution in [1.82, 2.24) is 10.3 Å². The second-order valence-corrected chi connectivity index (χ2v) is 7.09. The highest BCUT2D eigenvalue weighted by atomic mass is 15.2. The van der Waals surface area contributed by atoms with E-state index in [4.69, 9.17) is 4.98 Å². The maximum Gasteiger partial charge on any atom is 0.129 e. The second kappa shape index (κ2) is 8.38. The van der Waals surface area contributed by atoms with E-state index in [1.54, 1.807) is 0 Å². The summed E-state index contributed by atoms with van der Waals surface area (Å²) in [5.74, 6) is 2.48. The summed E-state index contributed by atoms with van der Waals surface area (Å²) >= 11 is 0. The number of anilines is 1. The second-order valence-electron chi connectivity index (χ2n) is 7.09. The normalized spacial score (nSPS) is 13.0. The molecule has 21 heavy (non-hydrogen) atoms. The third-order valence-corrected chi connectivity index (χ3v) is 3.72. The van der Waals surface area contributed by atoms with E-state index in [2.05, 4.69) is 70.9 Å². The Labute approximate surface area is 131 Å². The van der Waals surface area contributed by atoms with Gasteiger partial charge in [-0.25, -0.2) is 4.98 Å². The van der Waals surface area contributed by atoms with Gasteiger partial charge in [-0.1, -0.05) is 27.7 Å². The molecule has 0 aromatic carbocycles. The SMILES string of the molecule is Cc1cc(CNCC(C)C)cc(N(C)C(C)CC(C)C)n1. The van der Waals surface area contributed by atoms with E-state index in [0.717, 1.165) is 24.6 Å². The van der Waals surface area contributed by atoms with Crippen molar-refractivity contribution in [3.8, 4) is 0 Å². The average Bonchev–Trinajstić information content (AvgIpc) is 2.35. The first-order valence-electron chi connectivity index (χ1n) is 8.20. The number of aryl methyl sites for hydroxylation is 1. The van der Waals surface area contributed by atoms with Crippen LogP contribution in [0.2, 0.25) is 0 Å². The topological polar surface area (TPSA) is 28.2 Å². The summed E-state index contributed by atoms with van der Waals surface area (Å²) in [6, 6.07) is 4.91. The minimum absolute atomic E-state index is 0.510. The monoisotopic (exact) mass is 291 g/mol. The first-order chi connectivity index (χ1) is 9.79. The molecule has 1 aromatic rings. The third-order valence-electron chi connectivity index (χ3n) is 3.72. The predicted molar refractivity (Wildman–Crippen MR) is 92.8 cm³/mol. The molecule has 3 nitrogen and oxygen atoms in total. The number of hydrogen-bond donors (Lipinski definition) is 1. The van der Waals surface area contributed by atoms with Gasteiger partial charge in [-0.2, -0.15) is 0 Å². The molecule has 0 saturated carbocycles. The van der Waals surface area contributed by atoms with Crippen LogP contribution in [-0.4, -0.2) is 24.6 Å². The molecule has 0 amide bonds. The lowest BCUT2D eigenvalue weighted by atomic mass is 10.0. The fourth-order valence-corrected chi connectivity index (χ4v) is 2.58. The van der Waals surface area contributed by atoms with Gasteiger partial charge in [0, 0.05) is 25.3 Å². The van der Waals surface area contributed by atoms with Gasteiger partial charge >= 0.3 is 0 Å². The lowest BCUT2D eigenvalue weighted by Crippen LogP contribution is -2.31. The highest BCUT2D eigenvalue weighted by Gasteiger charge is 2.13. The maximum absolute atomic E-state index is 4.70. The molecule has 0 bridgehead atoms. The van der Waals surface area contributed by atoms with Crippen LogP contribution in [0.25, 0.3) is 0 Å². The van der Waals surface area contributed by atoms with Gasteiger partial charge in [0.05, 0.1) is 0 Å². The van der Waals surface area contributed by atoms with Crippen LogP contribution < -0.4 is 10.2 Å². The van der Waals surface area contributed by atoms with Gasteiger partial charge in [0.25, 0.3) is 0 Å². The highest BCUT2D eigenvalue weighted by molar-refractivity contribution is 5.42. The van der Waals surface area contributed by atoms with Gasteiger partial charge in [0.1, 0.15) is 5.82 Å². The smallest absolute Gasteiger partial charge is 0.129 e. The Bertz CT molecular complexity index is 426. The van der Waals surface area contributed by atoms with Gasteiger partial charge in [-0.3, -0.25) is 0 Å². The van der Waals surface area contributed by atoms with Gasteiger partial charge in [-0.15, -0.1) is 0 Å². The van der Waals surface area contributed by atoms with Gasteiger partial charge in [-0.05, 0) is 56.3 Å². The van der Waals surface area contributed by atoms with Crippen molar-refractivity contribution >= 4 is 5.82 Å². The van der Waals surface area contributed by atoms with Crippen LogP contribution in [0.3, 0.4) is 0 Å². The van der Waals surface area contributed by atoms with Crippen LogP contribution in [0.15, 0.2) is 12.1 Å². The molecule has 0 fully saturated rings. The highest BCUT2D eigenvalue weighted by Crippen LogP contribution is 2.19. The summed E-state index contributed by atoms with van der Waals surface area (Å²) in [6.45, 7) is 15.3. The largest absolute Gasteiger partial charge is 0.357 e. The third kappa shape index (κ3) is 6.47. The van der Waals surface area contributed by atoms with Gasteiger partial charge in [0.15, 0.2) is 0 Å². The van der Waals surface area contributed by atoms with Crippen molar-refractivity contribution in [3.63, 3.8) is 0 Å². The van der Waals surface area contributed by atoms with Crippen LogP contribution in [-0.2, 0) is 6.54 Å². The van der Waals surface area contributed by atoms with E-state index < -0.39 is 0 Å². The number of pyridine rings is 1. The van der Waals surface area contributed by atoms with Crippen molar-refractivity contribution in [2.45, 2.75) is 60.5 Å². The number of aromatic nitrogens is 1. The van der Waals surface area contributed by atoms with E-state index in [-0.39, 0.29) is 0 Å². The Morgan fingerprint density at radius 1 is 1.10 bits per heavy atom. The van der Waals surface area contributed by atoms with E-state index in [1.807, 2.05) is 0 Å². The fraction of sp³-hybridized carbons (Fsp3) is 0.722. The summed E-state index contributed by atoms with van der Waals surface area (Å²) in [7, 11) is 2.15. The Morgan fingerprint density at radius 3 is 2.33 bits per heavy atom. The van der Waals surface area contributed by atoms with Crippen molar-refractivity contribution < 1.29 is 0 Å². The summed E-state index contributed by atoms with van der Waals surface area (Å²) in [6.07, 6.45) is 1.19. The molecule has 0 aliphatic heterocycles. The van der Waals surface area contributed by atoms with Gasteiger partial charge < -0.3 is 10.2 Å². The molecule has 1 atom stereocenters. The van der Waals surface area contributed by atoms with E-state index in [0.29, 0.717) is 17.9 Å². The standard InChI is InChI=1S/C18H33N3/c1-13(2)8-16(6)21(7)18-10-17(9-15(5)20-18)12-19-11-14(3)4/h9-10,13-14,16,19H,8,11-12H2,1-7H3. The van der Waals surface area contributed by atoms with Gasteiger partial charge in [0.2, 0.25) is 0 Å². The molecule has 0 aliphatic carbocycles. The van der Waals surface area contributed by atoms with E-state index >= 15 is 0 Å². The minimum atomic E-state index is 0.510. The van der Waals surface area contributed by atoms with Crippen LogP contribution in [0.1, 0.15) is 52.3 Å². The molecular formula is C18H33N3. The lowest BCUT2D eigenvalue weighted by Gasteiger charge is -2.28. The van der Waals surface area contributed by atoms with Crippen molar-refractivity contribution in [3.05, 3.63) is 23.4 Å². The summed E-state index contributed by atoms with van der Waals surface area (Å²) < 4.78 is 0. The Morgan fingerprint density at radius 2 is 1.76 bits per heavy atom. The molecule has 0 radical (unpaired) electrons. The lowest BCUT2D eigenvalue weighted by molar-refractivity contribution is 0.501.